The number of guanidine groups is 1. The molecule has 0 saturated carbocycles. The highest BCUT2D eigenvalue weighted by Crippen LogP contribution is 2.28. The SMILES string of the molecule is CN(C)CC1SC(=S)N(C2=NCCN2)C1=O.I. The van der Waals surface area contributed by atoms with E-state index in [4.69, 9.17) is 12.2 Å². The van der Waals surface area contributed by atoms with Crippen LogP contribution >= 0.6 is 48.0 Å². The Morgan fingerprint density at radius 3 is 2.88 bits per heavy atom. The Kier molecular flexibility index (Phi) is 5.61. The van der Waals surface area contributed by atoms with Gasteiger partial charge in [0.05, 0.1) is 6.54 Å². The average molecular weight is 386 g/mol. The molecule has 1 fully saturated rings. The van der Waals surface area contributed by atoms with E-state index in [9.17, 15) is 4.79 Å². The molecule has 0 spiro atoms. The van der Waals surface area contributed by atoms with Gasteiger partial charge >= 0.3 is 0 Å². The van der Waals surface area contributed by atoms with Gasteiger partial charge < -0.3 is 10.2 Å². The Bertz CT molecular complexity index is 361. The fourth-order valence-electron chi connectivity index (χ4n) is 1.63. The molecule has 0 radical (unpaired) electrons. The quantitative estimate of drug-likeness (QED) is 0.549. The highest BCUT2D eigenvalue weighted by molar-refractivity contribution is 14.0. The van der Waals surface area contributed by atoms with E-state index in [0.29, 0.717) is 23.4 Å². The molecular weight excluding hydrogens is 371 g/mol. The Morgan fingerprint density at radius 2 is 2.35 bits per heavy atom. The molecule has 0 bridgehead atoms. The molecule has 1 N–H and O–H groups in total. The molecule has 0 aromatic carbocycles. The Morgan fingerprint density at radius 1 is 1.65 bits per heavy atom. The number of nitrogens with zero attached hydrogens (tertiary/aromatic N) is 3. The summed E-state index contributed by atoms with van der Waals surface area (Å²) >= 11 is 6.66. The molecule has 1 unspecified atom stereocenters. The first kappa shape index (κ1) is 15.1. The van der Waals surface area contributed by atoms with Crippen molar-refractivity contribution in [1.82, 2.24) is 15.1 Å². The van der Waals surface area contributed by atoms with Gasteiger partial charge in [-0.2, -0.15) is 0 Å². The van der Waals surface area contributed by atoms with Crippen LogP contribution in [0.2, 0.25) is 0 Å². The maximum Gasteiger partial charge on any atom is 0.249 e. The van der Waals surface area contributed by atoms with Crippen molar-refractivity contribution in [2.45, 2.75) is 5.25 Å². The standard InChI is InChI=1S/C9H14N4OS2.HI/c1-12(2)5-6-7(14)13(9(15)16-6)8-10-3-4-11-8;/h6H,3-5H2,1-2H3,(H,10,11);1H. The molecule has 1 atom stereocenters. The van der Waals surface area contributed by atoms with E-state index in [1.807, 2.05) is 19.0 Å². The second-order valence-corrected chi connectivity index (χ2v) is 5.78. The molecule has 5 nitrogen and oxygen atoms in total. The van der Waals surface area contributed by atoms with Crippen LogP contribution in [-0.4, -0.2) is 65.0 Å². The van der Waals surface area contributed by atoms with E-state index in [0.717, 1.165) is 6.54 Å². The van der Waals surface area contributed by atoms with Gasteiger partial charge in [-0.1, -0.05) is 24.0 Å². The summed E-state index contributed by atoms with van der Waals surface area (Å²) in [6.45, 7) is 2.20. The van der Waals surface area contributed by atoms with Crippen molar-refractivity contribution < 1.29 is 4.79 Å². The van der Waals surface area contributed by atoms with Crippen LogP contribution in [0.15, 0.2) is 4.99 Å². The summed E-state index contributed by atoms with van der Waals surface area (Å²) in [5.74, 6) is 0.653. The lowest BCUT2D eigenvalue weighted by Gasteiger charge is -2.16. The van der Waals surface area contributed by atoms with Gasteiger partial charge in [-0.25, -0.2) is 4.90 Å². The zero-order valence-electron chi connectivity index (χ0n) is 9.67. The molecule has 2 aliphatic rings. The zero-order chi connectivity index (χ0) is 11.7. The van der Waals surface area contributed by atoms with E-state index in [-0.39, 0.29) is 35.1 Å². The van der Waals surface area contributed by atoms with Crippen LogP contribution in [0.25, 0.3) is 0 Å². The molecule has 0 aromatic rings. The third-order valence-corrected chi connectivity index (χ3v) is 3.81. The molecule has 0 aromatic heterocycles. The normalized spacial score (nSPS) is 23.8. The second kappa shape index (κ2) is 6.30. The van der Waals surface area contributed by atoms with Gasteiger partial charge in [0.25, 0.3) is 0 Å². The van der Waals surface area contributed by atoms with Crippen molar-refractivity contribution >= 4 is 64.1 Å². The molecule has 17 heavy (non-hydrogen) atoms. The van der Waals surface area contributed by atoms with E-state index < -0.39 is 0 Å². The number of aliphatic imine (C=N–C) groups is 1. The minimum absolute atomic E-state index is 0. The number of halogens is 1. The van der Waals surface area contributed by atoms with Gasteiger partial charge in [0.2, 0.25) is 11.9 Å². The first-order valence-electron chi connectivity index (χ1n) is 5.07. The first-order chi connectivity index (χ1) is 7.59. The van der Waals surface area contributed by atoms with Crippen LogP contribution in [0.3, 0.4) is 0 Å². The Hall–Kier alpha value is 0.0700. The van der Waals surface area contributed by atoms with Crippen molar-refractivity contribution in [3.63, 3.8) is 0 Å². The molecule has 2 aliphatic heterocycles. The van der Waals surface area contributed by atoms with Crippen molar-refractivity contribution in [1.29, 1.82) is 0 Å². The highest BCUT2D eigenvalue weighted by Gasteiger charge is 2.40. The van der Waals surface area contributed by atoms with Crippen molar-refractivity contribution in [3.05, 3.63) is 0 Å². The smallest absolute Gasteiger partial charge is 0.249 e. The third-order valence-electron chi connectivity index (χ3n) is 2.32. The summed E-state index contributed by atoms with van der Waals surface area (Å²) in [5.41, 5.74) is 0. The summed E-state index contributed by atoms with van der Waals surface area (Å²) < 4.78 is 0.602. The van der Waals surface area contributed by atoms with Gasteiger partial charge in [-0.15, -0.1) is 24.0 Å². The largest absolute Gasteiger partial charge is 0.354 e. The van der Waals surface area contributed by atoms with E-state index >= 15 is 0 Å². The Balaban J connectivity index is 0.00000144. The van der Waals surface area contributed by atoms with E-state index in [2.05, 4.69) is 10.3 Å². The number of carbonyl (C=O) groups excluding carboxylic acids is 1. The molecule has 96 valence electrons. The number of carbonyl (C=O) groups is 1. The van der Waals surface area contributed by atoms with Crippen LogP contribution in [0.4, 0.5) is 0 Å². The van der Waals surface area contributed by atoms with E-state index in [1.54, 1.807) is 0 Å². The molecule has 0 aliphatic carbocycles. The lowest BCUT2D eigenvalue weighted by atomic mass is 10.3. The maximum atomic E-state index is 12.1. The van der Waals surface area contributed by atoms with Gasteiger partial charge in [0.1, 0.15) is 5.25 Å². The minimum Gasteiger partial charge on any atom is -0.354 e. The fraction of sp³-hybridized carbons (Fsp3) is 0.667. The second-order valence-electron chi connectivity index (χ2n) is 3.94. The third kappa shape index (κ3) is 3.30. The fourth-order valence-corrected chi connectivity index (χ4v) is 3.26. The number of hydrogen-bond acceptors (Lipinski definition) is 6. The predicted molar refractivity (Wildman–Crippen MR) is 85.1 cm³/mol. The lowest BCUT2D eigenvalue weighted by molar-refractivity contribution is -0.123. The van der Waals surface area contributed by atoms with Gasteiger partial charge in [-0.05, 0) is 14.1 Å². The summed E-state index contributed by atoms with van der Waals surface area (Å²) in [4.78, 5) is 19.9. The number of nitrogens with one attached hydrogen (secondary N) is 1. The zero-order valence-corrected chi connectivity index (χ0v) is 13.6. The topological polar surface area (TPSA) is 47.9 Å². The van der Waals surface area contributed by atoms with Crippen molar-refractivity contribution in [2.75, 3.05) is 33.7 Å². The summed E-state index contributed by atoms with van der Waals surface area (Å²) in [5, 5.41) is 2.97. The van der Waals surface area contributed by atoms with Crippen LogP contribution in [-0.2, 0) is 4.79 Å². The number of thiocarbonyl (C=S) groups is 1. The monoisotopic (exact) mass is 386 g/mol. The average Bonchev–Trinajstić information content (AvgIpc) is 2.76. The molecule has 1 saturated heterocycles. The predicted octanol–water partition coefficient (Wildman–Crippen LogP) is 0.354. The molecule has 8 heteroatoms. The molecule has 2 rings (SSSR count). The van der Waals surface area contributed by atoms with Crippen LogP contribution in [0.1, 0.15) is 0 Å². The summed E-state index contributed by atoms with van der Waals surface area (Å²) in [6.07, 6.45) is 0. The van der Waals surface area contributed by atoms with Crippen LogP contribution in [0, 0.1) is 0 Å². The first-order valence-corrected chi connectivity index (χ1v) is 6.36. The number of amides is 1. The minimum atomic E-state index is -0.104. The van der Waals surface area contributed by atoms with Crippen molar-refractivity contribution in [2.24, 2.45) is 4.99 Å². The van der Waals surface area contributed by atoms with Gasteiger partial charge in [0.15, 0.2) is 4.32 Å². The highest BCUT2D eigenvalue weighted by atomic mass is 127. The lowest BCUT2D eigenvalue weighted by Crippen LogP contribution is -2.44. The summed E-state index contributed by atoms with van der Waals surface area (Å²) in [7, 11) is 3.90. The maximum absolute atomic E-state index is 12.1. The van der Waals surface area contributed by atoms with Gasteiger partial charge in [0, 0.05) is 13.1 Å². The van der Waals surface area contributed by atoms with Crippen LogP contribution in [0.5, 0.6) is 0 Å². The molecule has 2 heterocycles. The number of rotatable bonds is 2. The van der Waals surface area contributed by atoms with Crippen LogP contribution < -0.4 is 5.32 Å². The van der Waals surface area contributed by atoms with Gasteiger partial charge in [-0.3, -0.25) is 9.79 Å². The van der Waals surface area contributed by atoms with Crippen molar-refractivity contribution in [3.8, 4) is 0 Å². The van der Waals surface area contributed by atoms with E-state index in [1.165, 1.54) is 16.7 Å². The number of hydrogen-bond donors (Lipinski definition) is 1. The molecule has 1 amide bonds. The molecular formula is C9H15IN4OS2. The number of thioether (sulfide) groups is 1. The summed E-state index contributed by atoms with van der Waals surface area (Å²) in [6, 6.07) is 0. The Labute approximate surface area is 127 Å².